The number of ether oxygens (including phenoxy) is 2. The summed E-state index contributed by atoms with van der Waals surface area (Å²) in [5.41, 5.74) is 7.39. The van der Waals surface area contributed by atoms with Gasteiger partial charge in [-0.15, -0.1) is 0 Å². The zero-order valence-electron chi connectivity index (χ0n) is 37.8. The minimum absolute atomic E-state index is 0.0170. The van der Waals surface area contributed by atoms with Crippen LogP contribution in [0.1, 0.15) is 99.6 Å². The zero-order chi connectivity index (χ0) is 45.1. The largest absolute Gasteiger partial charge is 0.493 e. The number of hydrogen-bond donors (Lipinski definition) is 1. The lowest BCUT2D eigenvalue weighted by Crippen LogP contribution is -2.44. The quantitative estimate of drug-likeness (QED) is 0.0776. The molecule has 3 aliphatic rings. The first-order chi connectivity index (χ1) is 30.9. The van der Waals surface area contributed by atoms with Crippen LogP contribution in [0.5, 0.6) is 11.5 Å². The monoisotopic (exact) mass is 888 g/mol. The highest BCUT2D eigenvalue weighted by molar-refractivity contribution is 6.30. The van der Waals surface area contributed by atoms with Gasteiger partial charge in [-0.3, -0.25) is 28.8 Å². The molecule has 4 aromatic carbocycles. The number of hydrogen-bond acceptors (Lipinski definition) is 8. The van der Waals surface area contributed by atoms with E-state index in [1.165, 1.54) is 12.8 Å². The molecule has 8 rings (SSSR count). The molecule has 2 saturated heterocycles. The molecular formula is C51H61ClN6O6. The highest BCUT2D eigenvalue weighted by Gasteiger charge is 2.37. The molecule has 2 fully saturated rings. The third-order valence-electron chi connectivity index (χ3n) is 13.3. The minimum Gasteiger partial charge on any atom is -0.493 e. The average molecular weight is 890 g/mol. The number of carbonyl (C=O) groups is 3. The average Bonchev–Trinajstić information content (AvgIpc) is 3.53. The topological polar surface area (TPSA) is 118 Å². The van der Waals surface area contributed by atoms with Gasteiger partial charge in [-0.25, -0.2) is 4.79 Å². The van der Waals surface area contributed by atoms with Crippen molar-refractivity contribution in [3.05, 3.63) is 117 Å². The van der Waals surface area contributed by atoms with Gasteiger partial charge in [-0.2, -0.15) is 0 Å². The van der Waals surface area contributed by atoms with Gasteiger partial charge in [-0.1, -0.05) is 48.7 Å². The number of piperidine rings is 2. The first-order valence-corrected chi connectivity index (χ1v) is 23.3. The molecule has 4 heterocycles. The summed E-state index contributed by atoms with van der Waals surface area (Å²) in [6.07, 6.45) is 8.44. The second kappa shape index (κ2) is 19.7. The van der Waals surface area contributed by atoms with Crippen LogP contribution in [-0.4, -0.2) is 78.2 Å². The number of methoxy groups -OCH3 is 1. The summed E-state index contributed by atoms with van der Waals surface area (Å²) < 4.78 is 15.1. The molecule has 12 nitrogen and oxygen atoms in total. The van der Waals surface area contributed by atoms with Gasteiger partial charge in [0.2, 0.25) is 17.7 Å². The van der Waals surface area contributed by atoms with Crippen LogP contribution in [0.3, 0.4) is 0 Å². The van der Waals surface area contributed by atoms with Crippen LogP contribution in [-0.2, 0) is 34.3 Å². The Hall–Kier alpha value is -5.59. The molecule has 13 heteroatoms. The Morgan fingerprint density at radius 2 is 1.61 bits per heavy atom. The van der Waals surface area contributed by atoms with Crippen LogP contribution in [0, 0.1) is 5.92 Å². The number of nitrogens with one attached hydrogen (secondary N) is 1. The summed E-state index contributed by atoms with van der Waals surface area (Å²) in [6, 6.07) is 25.0. The molecule has 64 heavy (non-hydrogen) atoms. The molecule has 0 bridgehead atoms. The van der Waals surface area contributed by atoms with Crippen molar-refractivity contribution in [2.45, 2.75) is 96.2 Å². The van der Waals surface area contributed by atoms with E-state index in [4.69, 9.17) is 21.1 Å². The van der Waals surface area contributed by atoms with E-state index in [0.717, 1.165) is 103 Å². The molecule has 0 aliphatic carbocycles. The molecule has 5 aromatic rings. The van der Waals surface area contributed by atoms with Crippen molar-refractivity contribution < 1.29 is 23.9 Å². The van der Waals surface area contributed by atoms with Crippen LogP contribution < -0.4 is 30.3 Å². The smallest absolute Gasteiger partial charge is 0.329 e. The Labute approximate surface area is 381 Å². The van der Waals surface area contributed by atoms with E-state index in [9.17, 15) is 19.2 Å². The Kier molecular flexibility index (Phi) is 13.8. The maximum Gasteiger partial charge on any atom is 0.329 e. The van der Waals surface area contributed by atoms with Gasteiger partial charge in [0, 0.05) is 43.5 Å². The number of halogens is 1. The molecule has 3 amide bonds. The summed E-state index contributed by atoms with van der Waals surface area (Å²) in [5.74, 6) is 1.21. The van der Waals surface area contributed by atoms with Gasteiger partial charge < -0.3 is 24.2 Å². The van der Waals surface area contributed by atoms with Crippen molar-refractivity contribution >= 4 is 51.7 Å². The third-order valence-corrected chi connectivity index (χ3v) is 13.6. The van der Waals surface area contributed by atoms with Gasteiger partial charge >= 0.3 is 5.69 Å². The molecule has 2 atom stereocenters. The van der Waals surface area contributed by atoms with E-state index in [1.54, 1.807) is 23.3 Å². The SMILES string of the molecule is COc1cc2c(cc1OC(C)C)C(c1ccc(Cl)cc1)N(c1ccc(N(C)CC3CCN(CCCCCCc4cccc5c4n(C)c(=O)n5C4CCC(=O)NC4=O)CC3)cc1)C(=O)C2. The second-order valence-electron chi connectivity index (χ2n) is 18.1. The van der Waals surface area contributed by atoms with Crippen LogP contribution in [0.15, 0.2) is 83.7 Å². The van der Waals surface area contributed by atoms with Gasteiger partial charge in [0.15, 0.2) is 11.5 Å². The number of anilines is 2. The second-order valence-corrected chi connectivity index (χ2v) is 18.5. The van der Waals surface area contributed by atoms with Crippen molar-refractivity contribution in [1.29, 1.82) is 0 Å². The number of imidazole rings is 1. The number of benzene rings is 4. The van der Waals surface area contributed by atoms with Gasteiger partial charge in [-0.05, 0) is 155 Å². The van der Waals surface area contributed by atoms with Crippen molar-refractivity contribution in [2.24, 2.45) is 13.0 Å². The van der Waals surface area contributed by atoms with Gasteiger partial charge in [0.05, 0.1) is 36.7 Å². The number of aromatic nitrogens is 2. The summed E-state index contributed by atoms with van der Waals surface area (Å²) >= 11 is 6.33. The number of unbranched alkanes of at least 4 members (excludes halogenated alkanes) is 3. The lowest BCUT2D eigenvalue weighted by Gasteiger charge is -2.38. The summed E-state index contributed by atoms with van der Waals surface area (Å²) in [7, 11) is 5.56. The molecule has 3 aliphatic heterocycles. The predicted molar refractivity (Wildman–Crippen MR) is 253 cm³/mol. The van der Waals surface area contributed by atoms with E-state index in [1.807, 2.05) is 67.3 Å². The standard InChI is InChI=1S/C51H61ClN6O6/c1-33(2)64-45-31-41-37(29-44(45)63-5)30-47(60)57(48(41)36-14-16-38(52)17-15-36)40-20-18-39(19-21-40)54(3)32-34-24-27-56(28-25-34)26-9-7-6-8-11-35-12-10-13-42-49(35)55(4)51(62)58(42)43-22-23-46(59)53-50(43)61/h10,12-21,29,31,33-34,43,48H,6-9,11,22-28,30,32H2,1-5H3,(H,53,59,61). The van der Waals surface area contributed by atoms with Gasteiger partial charge in [0.25, 0.3) is 0 Å². The maximum absolute atomic E-state index is 14.0. The fourth-order valence-electron chi connectivity index (χ4n) is 10.0. The molecule has 0 saturated carbocycles. The fraction of sp³-hybridized carbons (Fsp3) is 0.451. The predicted octanol–water partition coefficient (Wildman–Crippen LogP) is 8.40. The molecular weight excluding hydrogens is 828 g/mol. The number of amides is 3. The molecule has 0 spiro atoms. The van der Waals surface area contributed by atoms with Crippen LogP contribution in [0.25, 0.3) is 11.0 Å². The number of rotatable bonds is 16. The Bertz CT molecular complexity index is 2540. The van der Waals surface area contributed by atoms with Crippen LogP contribution in [0.2, 0.25) is 5.02 Å². The van der Waals surface area contributed by atoms with E-state index >= 15 is 0 Å². The number of aryl methyl sites for hydroxylation is 2. The molecule has 1 N–H and O–H groups in total. The highest BCUT2D eigenvalue weighted by Crippen LogP contribution is 2.44. The fourth-order valence-corrected chi connectivity index (χ4v) is 10.2. The lowest BCUT2D eigenvalue weighted by molar-refractivity contribution is -0.135. The molecule has 338 valence electrons. The van der Waals surface area contributed by atoms with Crippen molar-refractivity contribution in [3.63, 3.8) is 0 Å². The number of fused-ring (bicyclic) bond motifs is 2. The molecule has 1 aromatic heterocycles. The van der Waals surface area contributed by atoms with Crippen molar-refractivity contribution in [1.82, 2.24) is 19.4 Å². The minimum atomic E-state index is -0.672. The van der Waals surface area contributed by atoms with Gasteiger partial charge in [0.1, 0.15) is 6.04 Å². The Balaban J connectivity index is 0.822. The third kappa shape index (κ3) is 9.59. The van der Waals surface area contributed by atoms with E-state index in [-0.39, 0.29) is 42.5 Å². The summed E-state index contributed by atoms with van der Waals surface area (Å²) in [6.45, 7) is 8.29. The van der Waals surface area contributed by atoms with E-state index in [2.05, 4.69) is 52.5 Å². The van der Waals surface area contributed by atoms with E-state index < -0.39 is 11.9 Å². The molecule has 2 unspecified atom stereocenters. The van der Waals surface area contributed by atoms with Crippen molar-refractivity contribution in [3.8, 4) is 11.5 Å². The number of nitrogens with zero attached hydrogens (tertiary/aromatic N) is 5. The normalized spacial score (nSPS) is 18.4. The van der Waals surface area contributed by atoms with Crippen LogP contribution in [0.4, 0.5) is 11.4 Å². The Morgan fingerprint density at radius 3 is 2.31 bits per heavy atom. The maximum atomic E-state index is 14.0. The molecule has 0 radical (unpaired) electrons. The number of imide groups is 1. The highest BCUT2D eigenvalue weighted by atomic mass is 35.5. The summed E-state index contributed by atoms with van der Waals surface area (Å²) in [5, 5.41) is 3.04. The lowest BCUT2D eigenvalue weighted by atomic mass is 9.86. The first kappa shape index (κ1) is 45.0. The number of likely N-dealkylation sites (tertiary alicyclic amines) is 1. The van der Waals surface area contributed by atoms with E-state index in [0.29, 0.717) is 28.9 Å². The number of carbonyl (C=O) groups excluding carboxylic acids is 3. The zero-order valence-corrected chi connectivity index (χ0v) is 38.5. The first-order valence-electron chi connectivity index (χ1n) is 22.9. The van der Waals surface area contributed by atoms with Crippen LogP contribution >= 0.6 is 11.6 Å². The summed E-state index contributed by atoms with van der Waals surface area (Å²) in [4.78, 5) is 58.6. The number of para-hydroxylation sites is 1. The Morgan fingerprint density at radius 1 is 0.875 bits per heavy atom. The van der Waals surface area contributed by atoms with Crippen molar-refractivity contribution in [2.75, 3.05) is 50.1 Å².